The maximum absolute atomic E-state index is 12.4. The van der Waals surface area contributed by atoms with Gasteiger partial charge in [-0.05, 0) is 41.8 Å². The van der Waals surface area contributed by atoms with Gasteiger partial charge in [0.05, 0.1) is 17.5 Å². The molecular formula is C18H11ClN2O2S. The lowest BCUT2D eigenvalue weighted by Gasteiger charge is -2.05. The van der Waals surface area contributed by atoms with E-state index >= 15 is 0 Å². The van der Waals surface area contributed by atoms with Crippen molar-refractivity contribution in [2.45, 2.75) is 0 Å². The molecule has 0 aliphatic rings. The summed E-state index contributed by atoms with van der Waals surface area (Å²) in [6.45, 7) is 0. The number of carbonyl (C=O) groups is 1. The van der Waals surface area contributed by atoms with E-state index in [9.17, 15) is 10.1 Å². The van der Waals surface area contributed by atoms with Crippen LogP contribution in [0.4, 0.5) is 0 Å². The smallest absolute Gasteiger partial charge is 0.213 e. The van der Waals surface area contributed by atoms with Crippen molar-refractivity contribution in [3.63, 3.8) is 0 Å². The molecule has 0 amide bonds. The molecule has 118 valence electrons. The fourth-order valence-corrected chi connectivity index (χ4v) is 3.10. The van der Waals surface area contributed by atoms with Gasteiger partial charge in [-0.25, -0.2) is 4.98 Å². The summed E-state index contributed by atoms with van der Waals surface area (Å²) >= 11 is 7.49. The van der Waals surface area contributed by atoms with E-state index in [-0.39, 0.29) is 16.5 Å². The molecule has 0 bridgehead atoms. The average molecular weight is 355 g/mol. The minimum Gasteiger partial charge on any atom is -0.497 e. The summed E-state index contributed by atoms with van der Waals surface area (Å²) in [5, 5.41) is 12.2. The number of Topliss-reactive ketones (excluding diaryl/α,β-unsaturated/α-hetero) is 1. The zero-order valence-corrected chi connectivity index (χ0v) is 14.2. The number of carbonyl (C=O) groups excluding carboxylic acids is 1. The van der Waals surface area contributed by atoms with Crippen LogP contribution in [-0.2, 0) is 0 Å². The third-order valence-electron chi connectivity index (χ3n) is 3.41. The molecule has 0 radical (unpaired) electrons. The second-order valence-corrected chi connectivity index (χ2v) is 6.21. The van der Waals surface area contributed by atoms with Crippen molar-refractivity contribution >= 4 is 45.7 Å². The number of ketones is 1. The number of methoxy groups -OCH3 is 1. The molecule has 0 N–H and O–H groups in total. The van der Waals surface area contributed by atoms with Gasteiger partial charge in [0.25, 0.3) is 0 Å². The normalized spacial score (nSPS) is 11.3. The van der Waals surface area contributed by atoms with Gasteiger partial charge in [-0.15, -0.1) is 11.3 Å². The third-order valence-corrected chi connectivity index (χ3v) is 4.58. The Labute approximate surface area is 147 Å². The van der Waals surface area contributed by atoms with Gasteiger partial charge in [-0.3, -0.25) is 4.79 Å². The highest BCUT2D eigenvalue weighted by molar-refractivity contribution is 7.12. The first-order valence-electron chi connectivity index (χ1n) is 6.96. The molecule has 3 aromatic rings. The largest absolute Gasteiger partial charge is 0.497 e. The molecule has 6 heteroatoms. The van der Waals surface area contributed by atoms with Crippen LogP contribution in [0.3, 0.4) is 0 Å². The Balaban J connectivity index is 2.08. The molecule has 0 aliphatic heterocycles. The first-order chi connectivity index (χ1) is 11.6. The molecule has 3 rings (SSSR count). The Morgan fingerprint density at radius 1 is 1.38 bits per heavy atom. The molecule has 0 spiro atoms. The number of ether oxygens (including phenoxy) is 1. The van der Waals surface area contributed by atoms with Crippen molar-refractivity contribution in [1.29, 1.82) is 5.26 Å². The van der Waals surface area contributed by atoms with Gasteiger partial charge in [0, 0.05) is 10.9 Å². The number of rotatable bonds is 4. The summed E-state index contributed by atoms with van der Waals surface area (Å²) in [5.74, 6) is 0.367. The first kappa shape index (κ1) is 16.2. The summed E-state index contributed by atoms with van der Waals surface area (Å²) in [7, 11) is 1.58. The Hall–Kier alpha value is -2.68. The topological polar surface area (TPSA) is 63.0 Å². The van der Waals surface area contributed by atoms with E-state index in [1.165, 1.54) is 17.4 Å². The summed E-state index contributed by atoms with van der Waals surface area (Å²) in [5.41, 5.74) is 1.24. The summed E-state index contributed by atoms with van der Waals surface area (Å²) in [6, 6.07) is 12.6. The molecule has 24 heavy (non-hydrogen) atoms. The van der Waals surface area contributed by atoms with Crippen LogP contribution in [0.1, 0.15) is 15.2 Å². The lowest BCUT2D eigenvalue weighted by molar-refractivity contribution is 0.104. The number of fused-ring (bicyclic) bond motifs is 1. The van der Waals surface area contributed by atoms with Crippen LogP contribution in [0.5, 0.6) is 5.75 Å². The maximum atomic E-state index is 12.4. The van der Waals surface area contributed by atoms with E-state index in [0.29, 0.717) is 21.7 Å². The Kier molecular flexibility index (Phi) is 4.61. The predicted octanol–water partition coefficient (Wildman–Crippen LogP) is 4.75. The number of thiophene rings is 1. The summed E-state index contributed by atoms with van der Waals surface area (Å²) in [4.78, 5) is 17.2. The zero-order valence-electron chi connectivity index (χ0n) is 12.6. The molecule has 2 aromatic heterocycles. The van der Waals surface area contributed by atoms with E-state index in [4.69, 9.17) is 16.3 Å². The number of benzene rings is 1. The molecule has 4 nitrogen and oxygen atoms in total. The van der Waals surface area contributed by atoms with E-state index in [1.807, 2.05) is 12.1 Å². The second kappa shape index (κ2) is 6.83. The highest BCUT2D eigenvalue weighted by Crippen LogP contribution is 2.26. The highest BCUT2D eigenvalue weighted by atomic mass is 35.5. The van der Waals surface area contributed by atoms with Crippen LogP contribution in [0.25, 0.3) is 17.0 Å². The Morgan fingerprint density at radius 2 is 2.21 bits per heavy atom. The molecule has 0 fully saturated rings. The second-order valence-electron chi connectivity index (χ2n) is 4.90. The first-order valence-corrected chi connectivity index (χ1v) is 8.22. The van der Waals surface area contributed by atoms with Crippen LogP contribution < -0.4 is 4.74 Å². The lowest BCUT2D eigenvalue weighted by Crippen LogP contribution is -1.99. The number of halogens is 1. The lowest BCUT2D eigenvalue weighted by atomic mass is 10.1. The molecule has 0 atom stereocenters. The quantitative estimate of drug-likeness (QED) is 0.293. The number of hydrogen-bond donors (Lipinski definition) is 0. The average Bonchev–Trinajstić information content (AvgIpc) is 3.13. The molecule has 0 unspecified atom stereocenters. The third kappa shape index (κ3) is 3.16. The van der Waals surface area contributed by atoms with Gasteiger partial charge in [0.2, 0.25) is 5.78 Å². The van der Waals surface area contributed by atoms with Crippen LogP contribution in [0.2, 0.25) is 5.15 Å². The van der Waals surface area contributed by atoms with Crippen molar-refractivity contribution in [3.8, 4) is 11.8 Å². The van der Waals surface area contributed by atoms with Gasteiger partial charge < -0.3 is 4.74 Å². The van der Waals surface area contributed by atoms with Crippen LogP contribution >= 0.6 is 22.9 Å². The van der Waals surface area contributed by atoms with Gasteiger partial charge in [-0.1, -0.05) is 17.7 Å². The minimum atomic E-state index is -0.325. The van der Waals surface area contributed by atoms with Gasteiger partial charge in [-0.2, -0.15) is 5.26 Å². The monoisotopic (exact) mass is 354 g/mol. The number of hydrogen-bond acceptors (Lipinski definition) is 5. The van der Waals surface area contributed by atoms with Gasteiger partial charge >= 0.3 is 0 Å². The number of pyridine rings is 1. The van der Waals surface area contributed by atoms with E-state index < -0.39 is 0 Å². The van der Waals surface area contributed by atoms with E-state index in [0.717, 1.165) is 5.39 Å². The SMILES string of the molecule is COc1ccc2nc(Cl)c(/C=C(\C#N)C(=O)c3cccs3)cc2c1. The number of aromatic nitrogens is 1. The van der Waals surface area contributed by atoms with Crippen molar-refractivity contribution < 1.29 is 9.53 Å². The van der Waals surface area contributed by atoms with Gasteiger partial charge in [0.1, 0.15) is 22.5 Å². The van der Waals surface area contributed by atoms with Crippen molar-refractivity contribution in [2.24, 2.45) is 0 Å². The number of nitriles is 1. The fourth-order valence-electron chi connectivity index (χ4n) is 2.22. The number of nitrogens with zero attached hydrogens (tertiary/aromatic N) is 2. The van der Waals surface area contributed by atoms with Gasteiger partial charge in [0.15, 0.2) is 0 Å². The van der Waals surface area contributed by atoms with Crippen molar-refractivity contribution in [2.75, 3.05) is 7.11 Å². The molecule has 1 aromatic carbocycles. The number of allylic oxidation sites excluding steroid dienone is 1. The predicted molar refractivity (Wildman–Crippen MR) is 95.5 cm³/mol. The minimum absolute atomic E-state index is 0.0170. The van der Waals surface area contributed by atoms with Crippen LogP contribution in [0.15, 0.2) is 47.4 Å². The zero-order chi connectivity index (χ0) is 17.1. The van der Waals surface area contributed by atoms with Crippen molar-refractivity contribution in [3.05, 3.63) is 62.9 Å². The molecule has 0 saturated carbocycles. The molecular weight excluding hydrogens is 344 g/mol. The van der Waals surface area contributed by atoms with E-state index in [2.05, 4.69) is 4.98 Å². The van der Waals surface area contributed by atoms with Crippen molar-refractivity contribution in [1.82, 2.24) is 4.98 Å². The Bertz CT molecular complexity index is 988. The van der Waals surface area contributed by atoms with Crippen LogP contribution in [-0.4, -0.2) is 17.9 Å². The summed E-state index contributed by atoms with van der Waals surface area (Å²) in [6.07, 6.45) is 1.47. The molecule has 0 aliphatic carbocycles. The molecule has 2 heterocycles. The fraction of sp³-hybridized carbons (Fsp3) is 0.0556. The highest BCUT2D eigenvalue weighted by Gasteiger charge is 2.14. The standard InChI is InChI=1S/C18H11ClN2O2S/c1-23-14-4-5-15-11(9-14)7-12(18(19)21-15)8-13(10-20)17(22)16-3-2-6-24-16/h2-9H,1H3/b13-8+. The Morgan fingerprint density at radius 3 is 2.88 bits per heavy atom. The van der Waals surface area contributed by atoms with Crippen LogP contribution in [0, 0.1) is 11.3 Å². The molecule has 0 saturated heterocycles. The summed E-state index contributed by atoms with van der Waals surface area (Å²) < 4.78 is 5.20. The van der Waals surface area contributed by atoms with E-state index in [1.54, 1.807) is 42.8 Å². The maximum Gasteiger partial charge on any atom is 0.213 e.